The summed E-state index contributed by atoms with van der Waals surface area (Å²) in [6.45, 7) is 7.64. The number of rotatable bonds is 7. The maximum Gasteiger partial charge on any atom is 0.316 e. The molecule has 0 fully saturated rings. The Morgan fingerprint density at radius 1 is 1.21 bits per heavy atom. The summed E-state index contributed by atoms with van der Waals surface area (Å²) in [6, 6.07) is 7.53. The lowest BCUT2D eigenvalue weighted by Gasteiger charge is -2.19. The molecule has 1 unspecified atom stereocenters. The van der Waals surface area contributed by atoms with Crippen LogP contribution in [0.25, 0.3) is 0 Å². The third-order valence-electron chi connectivity index (χ3n) is 3.55. The van der Waals surface area contributed by atoms with E-state index in [1.807, 2.05) is 24.3 Å². The molecule has 0 spiro atoms. The first-order valence-corrected chi connectivity index (χ1v) is 6.96. The molecule has 19 heavy (non-hydrogen) atoms. The lowest BCUT2D eigenvalue weighted by Crippen LogP contribution is -2.25. The maximum absolute atomic E-state index is 10.7. The second kappa shape index (κ2) is 7.79. The van der Waals surface area contributed by atoms with Crippen molar-refractivity contribution in [1.29, 1.82) is 0 Å². The van der Waals surface area contributed by atoms with Crippen molar-refractivity contribution in [1.82, 2.24) is 5.32 Å². The quantitative estimate of drug-likeness (QED) is 0.706. The molecular formula is C15H25N3O. The topological polar surface area (TPSA) is 67.2 Å². The number of hydrogen-bond donors (Lipinski definition) is 3. The van der Waals surface area contributed by atoms with Crippen LogP contribution >= 0.6 is 0 Å². The summed E-state index contributed by atoms with van der Waals surface area (Å²) < 4.78 is 0. The fraction of sp³-hybridized carbons (Fsp3) is 0.533. The van der Waals surface area contributed by atoms with E-state index in [1.165, 1.54) is 18.4 Å². The van der Waals surface area contributed by atoms with Crippen LogP contribution in [-0.2, 0) is 0 Å². The number of primary amides is 1. The van der Waals surface area contributed by atoms with Crippen LogP contribution in [0.5, 0.6) is 0 Å². The summed E-state index contributed by atoms with van der Waals surface area (Å²) in [5.41, 5.74) is 7.01. The highest BCUT2D eigenvalue weighted by atomic mass is 16.2. The van der Waals surface area contributed by atoms with Gasteiger partial charge in [0, 0.05) is 11.7 Å². The van der Waals surface area contributed by atoms with Gasteiger partial charge in [-0.2, -0.15) is 0 Å². The van der Waals surface area contributed by atoms with Gasteiger partial charge in [0.2, 0.25) is 0 Å². The summed E-state index contributed by atoms with van der Waals surface area (Å²) in [7, 11) is 0. The Morgan fingerprint density at radius 2 is 1.79 bits per heavy atom. The van der Waals surface area contributed by atoms with Crippen molar-refractivity contribution in [3.05, 3.63) is 29.8 Å². The molecule has 0 saturated heterocycles. The molecule has 1 aromatic carbocycles. The lowest BCUT2D eigenvalue weighted by molar-refractivity contribution is 0.259. The van der Waals surface area contributed by atoms with Gasteiger partial charge in [-0.05, 0) is 37.1 Å². The molecular weight excluding hydrogens is 238 g/mol. The highest BCUT2D eigenvalue weighted by Gasteiger charge is 2.08. The Morgan fingerprint density at radius 3 is 2.26 bits per heavy atom. The minimum absolute atomic E-state index is 0.309. The number of anilines is 1. The highest BCUT2D eigenvalue weighted by molar-refractivity contribution is 5.87. The van der Waals surface area contributed by atoms with E-state index in [4.69, 9.17) is 5.73 Å². The Labute approximate surface area is 115 Å². The van der Waals surface area contributed by atoms with E-state index in [-0.39, 0.29) is 0 Å². The Bertz CT molecular complexity index is 385. The van der Waals surface area contributed by atoms with Gasteiger partial charge < -0.3 is 16.4 Å². The zero-order chi connectivity index (χ0) is 14.3. The fourth-order valence-electron chi connectivity index (χ4n) is 2.04. The number of nitrogens with one attached hydrogen (secondary N) is 2. The summed E-state index contributed by atoms with van der Waals surface area (Å²) >= 11 is 0. The molecule has 4 nitrogen and oxygen atoms in total. The number of nitrogens with two attached hydrogens (primary N) is 1. The third-order valence-corrected chi connectivity index (χ3v) is 3.55. The zero-order valence-electron chi connectivity index (χ0n) is 12.1. The number of benzene rings is 1. The first-order chi connectivity index (χ1) is 9.06. The van der Waals surface area contributed by atoms with Crippen molar-refractivity contribution in [3.63, 3.8) is 0 Å². The standard InChI is InChI=1S/C15H25N3O/c1-4-12(5-2)10-17-11(3)13-6-8-14(9-7-13)18-15(16)19/h6-9,11-12,17H,4-5,10H2,1-3H3,(H3,16,18,19). The molecule has 0 bridgehead atoms. The van der Waals surface area contributed by atoms with Gasteiger partial charge in [0.05, 0.1) is 0 Å². The van der Waals surface area contributed by atoms with Crippen molar-refractivity contribution >= 4 is 11.7 Å². The Balaban J connectivity index is 2.52. The van der Waals surface area contributed by atoms with Crippen LogP contribution in [0.1, 0.15) is 45.2 Å². The second-order valence-corrected chi connectivity index (χ2v) is 4.92. The van der Waals surface area contributed by atoms with E-state index in [9.17, 15) is 4.79 Å². The second-order valence-electron chi connectivity index (χ2n) is 4.92. The SMILES string of the molecule is CCC(CC)CNC(C)c1ccc(NC(N)=O)cc1. The van der Waals surface area contributed by atoms with Crippen molar-refractivity contribution in [2.45, 2.75) is 39.7 Å². The van der Waals surface area contributed by atoms with E-state index in [2.05, 4.69) is 31.4 Å². The number of hydrogen-bond acceptors (Lipinski definition) is 2. The summed E-state index contributed by atoms with van der Waals surface area (Å²) in [5.74, 6) is 0.734. The van der Waals surface area contributed by atoms with E-state index in [0.29, 0.717) is 6.04 Å². The minimum atomic E-state index is -0.535. The smallest absolute Gasteiger partial charge is 0.316 e. The monoisotopic (exact) mass is 263 g/mol. The van der Waals surface area contributed by atoms with Crippen molar-refractivity contribution in [2.24, 2.45) is 11.7 Å². The number of amides is 2. The van der Waals surface area contributed by atoms with Crippen LogP contribution in [-0.4, -0.2) is 12.6 Å². The van der Waals surface area contributed by atoms with Gasteiger partial charge in [0.1, 0.15) is 0 Å². The summed E-state index contributed by atoms with van der Waals surface area (Å²) in [4.78, 5) is 10.7. The van der Waals surface area contributed by atoms with Crippen LogP contribution in [0.4, 0.5) is 10.5 Å². The zero-order valence-corrected chi connectivity index (χ0v) is 12.1. The molecule has 0 aliphatic rings. The summed E-state index contributed by atoms with van der Waals surface area (Å²) in [6.07, 6.45) is 2.41. The third kappa shape index (κ3) is 5.30. The Hall–Kier alpha value is -1.55. The normalized spacial score (nSPS) is 12.4. The first-order valence-electron chi connectivity index (χ1n) is 6.96. The van der Waals surface area contributed by atoms with Gasteiger partial charge in [-0.15, -0.1) is 0 Å². The van der Waals surface area contributed by atoms with Gasteiger partial charge in [-0.3, -0.25) is 0 Å². The molecule has 4 N–H and O–H groups in total. The largest absolute Gasteiger partial charge is 0.351 e. The van der Waals surface area contributed by atoms with Gasteiger partial charge in [-0.25, -0.2) is 4.79 Å². The van der Waals surface area contributed by atoms with Crippen LogP contribution in [0.15, 0.2) is 24.3 Å². The predicted octanol–water partition coefficient (Wildman–Crippen LogP) is 3.26. The molecule has 2 amide bonds. The molecule has 4 heteroatoms. The van der Waals surface area contributed by atoms with Gasteiger partial charge in [0.15, 0.2) is 0 Å². The van der Waals surface area contributed by atoms with Crippen LogP contribution in [0.3, 0.4) is 0 Å². The molecule has 106 valence electrons. The van der Waals surface area contributed by atoms with E-state index in [0.717, 1.165) is 18.2 Å². The van der Waals surface area contributed by atoms with Crippen LogP contribution < -0.4 is 16.4 Å². The molecule has 0 aliphatic heterocycles. The molecule has 0 saturated carbocycles. The molecule has 1 rings (SSSR count). The van der Waals surface area contributed by atoms with E-state index < -0.39 is 6.03 Å². The molecule has 0 aliphatic carbocycles. The maximum atomic E-state index is 10.7. The molecule has 0 aromatic heterocycles. The average Bonchev–Trinajstić information content (AvgIpc) is 2.39. The van der Waals surface area contributed by atoms with Gasteiger partial charge in [-0.1, -0.05) is 38.8 Å². The van der Waals surface area contributed by atoms with E-state index >= 15 is 0 Å². The van der Waals surface area contributed by atoms with Crippen molar-refractivity contribution in [2.75, 3.05) is 11.9 Å². The first kappa shape index (κ1) is 15.5. The molecule has 0 heterocycles. The number of carbonyl (C=O) groups is 1. The predicted molar refractivity (Wildman–Crippen MR) is 80.1 cm³/mol. The number of urea groups is 1. The highest BCUT2D eigenvalue weighted by Crippen LogP contribution is 2.17. The number of carbonyl (C=O) groups excluding carboxylic acids is 1. The summed E-state index contributed by atoms with van der Waals surface area (Å²) in [5, 5.41) is 6.11. The van der Waals surface area contributed by atoms with Crippen LogP contribution in [0, 0.1) is 5.92 Å². The van der Waals surface area contributed by atoms with Crippen molar-refractivity contribution < 1.29 is 4.79 Å². The van der Waals surface area contributed by atoms with Gasteiger partial charge >= 0.3 is 6.03 Å². The van der Waals surface area contributed by atoms with Crippen LogP contribution in [0.2, 0.25) is 0 Å². The lowest BCUT2D eigenvalue weighted by atomic mass is 10.0. The Kier molecular flexibility index (Phi) is 6.36. The molecule has 1 aromatic rings. The fourth-order valence-corrected chi connectivity index (χ4v) is 2.04. The van der Waals surface area contributed by atoms with Crippen molar-refractivity contribution in [3.8, 4) is 0 Å². The molecule has 0 radical (unpaired) electrons. The molecule has 1 atom stereocenters. The van der Waals surface area contributed by atoms with Gasteiger partial charge in [0.25, 0.3) is 0 Å². The minimum Gasteiger partial charge on any atom is -0.351 e. The average molecular weight is 263 g/mol. The van der Waals surface area contributed by atoms with E-state index in [1.54, 1.807) is 0 Å².